The van der Waals surface area contributed by atoms with E-state index in [0.717, 1.165) is 5.56 Å². The SMILES string of the molecule is CC(C)OC(=O)NCCC(N)c1ccccc1. The second-order valence-electron chi connectivity index (χ2n) is 4.19. The number of nitrogens with one attached hydrogen (secondary N) is 1. The summed E-state index contributed by atoms with van der Waals surface area (Å²) in [6, 6.07) is 9.77. The third-order valence-corrected chi connectivity index (χ3v) is 2.30. The molecule has 3 N–H and O–H groups in total. The van der Waals surface area contributed by atoms with Crippen LogP contribution in [0.15, 0.2) is 30.3 Å². The molecule has 0 aliphatic rings. The zero-order valence-electron chi connectivity index (χ0n) is 10.3. The molecule has 0 heterocycles. The van der Waals surface area contributed by atoms with Gasteiger partial charge in [0, 0.05) is 12.6 Å². The maximum Gasteiger partial charge on any atom is 0.407 e. The summed E-state index contributed by atoms with van der Waals surface area (Å²) in [6.45, 7) is 4.15. The lowest BCUT2D eigenvalue weighted by atomic mass is 10.1. The highest BCUT2D eigenvalue weighted by molar-refractivity contribution is 5.67. The Morgan fingerprint density at radius 3 is 2.59 bits per heavy atom. The first kappa shape index (κ1) is 13.5. The van der Waals surface area contributed by atoms with E-state index in [4.69, 9.17) is 10.5 Å². The predicted molar refractivity (Wildman–Crippen MR) is 67.6 cm³/mol. The molecule has 17 heavy (non-hydrogen) atoms. The zero-order valence-corrected chi connectivity index (χ0v) is 10.3. The lowest BCUT2D eigenvalue weighted by Gasteiger charge is -2.13. The lowest BCUT2D eigenvalue weighted by molar-refractivity contribution is 0.115. The summed E-state index contributed by atoms with van der Waals surface area (Å²) in [5.41, 5.74) is 7.07. The van der Waals surface area contributed by atoms with E-state index >= 15 is 0 Å². The topological polar surface area (TPSA) is 64.3 Å². The van der Waals surface area contributed by atoms with Gasteiger partial charge in [-0.05, 0) is 25.8 Å². The van der Waals surface area contributed by atoms with Crippen LogP contribution in [0.3, 0.4) is 0 Å². The van der Waals surface area contributed by atoms with E-state index in [1.807, 2.05) is 44.2 Å². The van der Waals surface area contributed by atoms with Crippen molar-refractivity contribution in [2.24, 2.45) is 5.73 Å². The summed E-state index contributed by atoms with van der Waals surface area (Å²) in [4.78, 5) is 11.2. The van der Waals surface area contributed by atoms with E-state index < -0.39 is 0 Å². The molecule has 94 valence electrons. The Labute approximate surface area is 102 Å². The van der Waals surface area contributed by atoms with Gasteiger partial charge in [0.15, 0.2) is 0 Å². The van der Waals surface area contributed by atoms with E-state index in [9.17, 15) is 4.79 Å². The summed E-state index contributed by atoms with van der Waals surface area (Å²) in [7, 11) is 0. The molecule has 0 fully saturated rings. The van der Waals surface area contributed by atoms with Crippen LogP contribution < -0.4 is 11.1 Å². The second-order valence-corrected chi connectivity index (χ2v) is 4.19. The predicted octanol–water partition coefficient (Wildman–Crippen LogP) is 2.21. The summed E-state index contributed by atoms with van der Waals surface area (Å²) < 4.78 is 4.95. The van der Waals surface area contributed by atoms with Crippen LogP contribution >= 0.6 is 0 Å². The fourth-order valence-corrected chi connectivity index (χ4v) is 1.45. The first-order chi connectivity index (χ1) is 8.09. The van der Waals surface area contributed by atoms with Crippen molar-refractivity contribution in [3.63, 3.8) is 0 Å². The van der Waals surface area contributed by atoms with Gasteiger partial charge < -0.3 is 15.8 Å². The van der Waals surface area contributed by atoms with Gasteiger partial charge in [0.2, 0.25) is 0 Å². The van der Waals surface area contributed by atoms with E-state index in [0.29, 0.717) is 13.0 Å². The van der Waals surface area contributed by atoms with Gasteiger partial charge >= 0.3 is 6.09 Å². The largest absolute Gasteiger partial charge is 0.447 e. The van der Waals surface area contributed by atoms with Gasteiger partial charge in [-0.2, -0.15) is 0 Å². The fraction of sp³-hybridized carbons (Fsp3) is 0.462. The second kappa shape index (κ2) is 6.91. The van der Waals surface area contributed by atoms with Crippen molar-refractivity contribution in [1.29, 1.82) is 0 Å². The minimum absolute atomic E-state index is 0.0597. The van der Waals surface area contributed by atoms with Gasteiger partial charge in [-0.3, -0.25) is 0 Å². The first-order valence-corrected chi connectivity index (χ1v) is 5.84. The highest BCUT2D eigenvalue weighted by Crippen LogP contribution is 2.12. The van der Waals surface area contributed by atoms with Gasteiger partial charge in [0.05, 0.1) is 6.10 Å². The van der Waals surface area contributed by atoms with Gasteiger partial charge in [-0.15, -0.1) is 0 Å². The van der Waals surface area contributed by atoms with Crippen molar-refractivity contribution in [3.8, 4) is 0 Å². The molecular formula is C13H20N2O2. The highest BCUT2D eigenvalue weighted by atomic mass is 16.6. The van der Waals surface area contributed by atoms with Crippen molar-refractivity contribution in [2.75, 3.05) is 6.54 Å². The lowest BCUT2D eigenvalue weighted by Crippen LogP contribution is -2.29. The van der Waals surface area contributed by atoms with E-state index in [1.54, 1.807) is 0 Å². The van der Waals surface area contributed by atoms with Crippen molar-refractivity contribution in [2.45, 2.75) is 32.4 Å². The van der Waals surface area contributed by atoms with Crippen LogP contribution in [0.5, 0.6) is 0 Å². The molecular weight excluding hydrogens is 216 g/mol. The third kappa shape index (κ3) is 5.36. The smallest absolute Gasteiger partial charge is 0.407 e. The van der Waals surface area contributed by atoms with Crippen molar-refractivity contribution in [3.05, 3.63) is 35.9 Å². The molecule has 0 saturated carbocycles. The number of nitrogens with two attached hydrogens (primary N) is 1. The molecule has 0 aromatic heterocycles. The third-order valence-electron chi connectivity index (χ3n) is 2.30. The zero-order chi connectivity index (χ0) is 12.7. The average molecular weight is 236 g/mol. The monoisotopic (exact) mass is 236 g/mol. The molecule has 4 nitrogen and oxygen atoms in total. The molecule has 0 radical (unpaired) electrons. The van der Waals surface area contributed by atoms with E-state index in [1.165, 1.54) is 0 Å². The molecule has 1 unspecified atom stereocenters. The molecule has 1 atom stereocenters. The molecule has 0 spiro atoms. The van der Waals surface area contributed by atoms with Crippen LogP contribution in [-0.2, 0) is 4.74 Å². The van der Waals surface area contributed by atoms with E-state index in [2.05, 4.69) is 5.32 Å². The minimum Gasteiger partial charge on any atom is -0.447 e. The molecule has 0 aliphatic heterocycles. The molecule has 1 amide bonds. The first-order valence-electron chi connectivity index (χ1n) is 5.84. The Hall–Kier alpha value is -1.55. The Morgan fingerprint density at radius 2 is 2.00 bits per heavy atom. The number of amides is 1. The molecule has 4 heteroatoms. The van der Waals surface area contributed by atoms with Gasteiger partial charge in [-0.25, -0.2) is 4.79 Å². The fourth-order valence-electron chi connectivity index (χ4n) is 1.45. The number of hydrogen-bond acceptors (Lipinski definition) is 3. The number of carbonyl (C=O) groups is 1. The Kier molecular flexibility index (Phi) is 5.49. The van der Waals surface area contributed by atoms with Crippen molar-refractivity contribution >= 4 is 6.09 Å². The number of carbonyl (C=O) groups excluding carboxylic acids is 1. The maximum atomic E-state index is 11.2. The number of rotatable bonds is 5. The number of benzene rings is 1. The normalized spacial score (nSPS) is 12.2. The van der Waals surface area contributed by atoms with Crippen LogP contribution in [0.1, 0.15) is 31.9 Å². The quantitative estimate of drug-likeness (QED) is 0.823. The van der Waals surface area contributed by atoms with Crippen LogP contribution in [0.25, 0.3) is 0 Å². The average Bonchev–Trinajstić information content (AvgIpc) is 2.29. The van der Waals surface area contributed by atoms with Crippen LogP contribution in [0, 0.1) is 0 Å². The number of hydrogen-bond donors (Lipinski definition) is 2. The molecule has 1 aromatic rings. The summed E-state index contributed by atoms with van der Waals surface area (Å²) in [5, 5.41) is 2.67. The molecule has 1 rings (SSSR count). The number of ether oxygens (including phenoxy) is 1. The Bertz CT molecular complexity index is 339. The number of alkyl carbamates (subject to hydrolysis) is 1. The maximum absolute atomic E-state index is 11.2. The molecule has 0 bridgehead atoms. The van der Waals surface area contributed by atoms with Crippen molar-refractivity contribution in [1.82, 2.24) is 5.32 Å². The Morgan fingerprint density at radius 1 is 1.35 bits per heavy atom. The minimum atomic E-state index is -0.389. The van der Waals surface area contributed by atoms with E-state index in [-0.39, 0.29) is 18.2 Å². The Balaban J connectivity index is 2.25. The van der Waals surface area contributed by atoms with Gasteiger partial charge in [-0.1, -0.05) is 30.3 Å². The molecule has 0 aliphatic carbocycles. The summed E-state index contributed by atoms with van der Waals surface area (Å²) in [5.74, 6) is 0. The summed E-state index contributed by atoms with van der Waals surface area (Å²) >= 11 is 0. The van der Waals surface area contributed by atoms with Gasteiger partial charge in [0.25, 0.3) is 0 Å². The van der Waals surface area contributed by atoms with Gasteiger partial charge in [0.1, 0.15) is 0 Å². The highest BCUT2D eigenvalue weighted by Gasteiger charge is 2.07. The molecule has 1 aromatic carbocycles. The summed E-state index contributed by atoms with van der Waals surface area (Å²) in [6.07, 6.45) is 0.204. The van der Waals surface area contributed by atoms with Crippen LogP contribution in [0.4, 0.5) is 4.79 Å². The standard InChI is InChI=1S/C13H20N2O2/c1-10(2)17-13(16)15-9-8-12(14)11-6-4-3-5-7-11/h3-7,10,12H,8-9,14H2,1-2H3,(H,15,16). The molecule has 0 saturated heterocycles. The van der Waals surface area contributed by atoms with Crippen LogP contribution in [-0.4, -0.2) is 18.7 Å². The van der Waals surface area contributed by atoms with Crippen molar-refractivity contribution < 1.29 is 9.53 Å². The van der Waals surface area contributed by atoms with Crippen LogP contribution in [0.2, 0.25) is 0 Å².